The van der Waals surface area contributed by atoms with Crippen molar-refractivity contribution >= 4 is 38.6 Å². The Kier molecular flexibility index (Phi) is 6.88. The highest BCUT2D eigenvalue weighted by atomic mass is 15.1. The van der Waals surface area contributed by atoms with Gasteiger partial charge in [-0.3, -0.25) is 0 Å². The maximum absolute atomic E-state index is 2.49. The fourth-order valence-electron chi connectivity index (χ4n) is 9.97. The summed E-state index contributed by atoms with van der Waals surface area (Å²) in [6.07, 6.45) is 0. The molecular formula is C54H39N. The molecule has 0 heterocycles. The lowest BCUT2D eigenvalue weighted by atomic mass is 9.68. The Balaban J connectivity index is 1.17. The largest absolute Gasteiger partial charge is 0.310 e. The predicted molar refractivity (Wildman–Crippen MR) is 231 cm³/mol. The summed E-state index contributed by atoms with van der Waals surface area (Å²) >= 11 is 0. The Morgan fingerprint density at radius 3 is 1.56 bits per heavy atom. The Bertz CT molecular complexity index is 2910. The fourth-order valence-corrected chi connectivity index (χ4v) is 9.97. The summed E-state index contributed by atoms with van der Waals surface area (Å²) in [5, 5.41) is 5.02. The van der Waals surface area contributed by atoms with E-state index in [-0.39, 0.29) is 5.41 Å². The van der Waals surface area contributed by atoms with Crippen LogP contribution in [-0.2, 0) is 10.8 Å². The minimum atomic E-state index is -0.442. The summed E-state index contributed by atoms with van der Waals surface area (Å²) in [5.74, 6) is 0. The van der Waals surface area contributed by atoms with Crippen LogP contribution < -0.4 is 4.90 Å². The van der Waals surface area contributed by atoms with Crippen molar-refractivity contribution in [1.82, 2.24) is 0 Å². The molecule has 2 aliphatic carbocycles. The molecule has 9 aromatic rings. The first kappa shape index (κ1) is 31.8. The van der Waals surface area contributed by atoms with E-state index in [1.165, 1.54) is 77.2 Å². The third-order valence-electron chi connectivity index (χ3n) is 12.5. The molecule has 0 N–H and O–H groups in total. The summed E-state index contributed by atoms with van der Waals surface area (Å²) in [6, 6.07) is 74.5. The van der Waals surface area contributed by atoms with E-state index in [9.17, 15) is 0 Å². The van der Waals surface area contributed by atoms with E-state index in [4.69, 9.17) is 0 Å². The summed E-state index contributed by atoms with van der Waals surface area (Å²) < 4.78 is 0. The highest BCUT2D eigenvalue weighted by Gasteiger charge is 2.46. The third kappa shape index (κ3) is 4.53. The zero-order valence-corrected chi connectivity index (χ0v) is 31.0. The topological polar surface area (TPSA) is 3.24 Å². The van der Waals surface area contributed by atoms with Crippen LogP contribution in [0, 0.1) is 0 Å². The molecule has 0 aromatic heterocycles. The molecule has 55 heavy (non-hydrogen) atoms. The molecule has 1 nitrogen and oxygen atoms in total. The van der Waals surface area contributed by atoms with E-state index >= 15 is 0 Å². The number of hydrogen-bond donors (Lipinski definition) is 0. The molecule has 0 bridgehead atoms. The summed E-state index contributed by atoms with van der Waals surface area (Å²) in [6.45, 7) is 4.75. The molecule has 0 saturated heterocycles. The molecule has 0 fully saturated rings. The maximum Gasteiger partial charge on any atom is 0.0713 e. The molecule has 0 amide bonds. The van der Waals surface area contributed by atoms with Gasteiger partial charge in [0.2, 0.25) is 0 Å². The fraction of sp³-hybridized carbons (Fsp3) is 0.0741. The molecule has 0 radical (unpaired) electrons. The third-order valence-corrected chi connectivity index (χ3v) is 12.5. The van der Waals surface area contributed by atoms with Crippen LogP contribution in [0.25, 0.3) is 43.8 Å². The van der Waals surface area contributed by atoms with Gasteiger partial charge < -0.3 is 4.90 Å². The molecule has 9 aromatic carbocycles. The number of hydrogen-bond acceptors (Lipinski definition) is 1. The second-order valence-corrected chi connectivity index (χ2v) is 15.7. The van der Waals surface area contributed by atoms with Gasteiger partial charge in [0.25, 0.3) is 0 Å². The van der Waals surface area contributed by atoms with E-state index in [0.29, 0.717) is 0 Å². The zero-order chi connectivity index (χ0) is 36.7. The SMILES string of the molecule is CC1(C)c2ccc(N(c3ccc4c(c3)-c3ccccc3C4(c3ccccc3)c3ccccc3)c3cccc4ccccc34)cc2-c2cc3ccccc3cc21. The maximum atomic E-state index is 2.49. The van der Waals surface area contributed by atoms with Crippen molar-refractivity contribution in [2.24, 2.45) is 0 Å². The van der Waals surface area contributed by atoms with Crippen molar-refractivity contribution in [3.05, 3.63) is 234 Å². The second kappa shape index (κ2) is 11.9. The van der Waals surface area contributed by atoms with Crippen molar-refractivity contribution in [2.45, 2.75) is 24.7 Å². The molecule has 0 atom stereocenters. The van der Waals surface area contributed by atoms with Crippen LogP contribution in [0.2, 0.25) is 0 Å². The normalized spacial score (nSPS) is 14.3. The molecule has 260 valence electrons. The lowest BCUT2D eigenvalue weighted by Crippen LogP contribution is -2.28. The van der Waals surface area contributed by atoms with E-state index < -0.39 is 5.41 Å². The van der Waals surface area contributed by atoms with E-state index in [1.807, 2.05) is 0 Å². The van der Waals surface area contributed by atoms with Crippen LogP contribution >= 0.6 is 0 Å². The van der Waals surface area contributed by atoms with Gasteiger partial charge in [0.05, 0.1) is 11.1 Å². The minimum absolute atomic E-state index is 0.104. The van der Waals surface area contributed by atoms with Gasteiger partial charge in [-0.25, -0.2) is 0 Å². The van der Waals surface area contributed by atoms with Crippen LogP contribution in [-0.4, -0.2) is 0 Å². The molecule has 2 aliphatic rings. The average molecular weight is 702 g/mol. The van der Waals surface area contributed by atoms with Gasteiger partial charge in [-0.15, -0.1) is 0 Å². The number of benzene rings is 9. The van der Waals surface area contributed by atoms with Crippen LogP contribution in [0.1, 0.15) is 47.2 Å². The number of nitrogens with zero attached hydrogens (tertiary/aromatic N) is 1. The number of fused-ring (bicyclic) bond motifs is 8. The zero-order valence-electron chi connectivity index (χ0n) is 31.0. The first-order valence-electron chi connectivity index (χ1n) is 19.3. The molecule has 0 aliphatic heterocycles. The number of anilines is 3. The van der Waals surface area contributed by atoms with Crippen LogP contribution in [0.15, 0.2) is 200 Å². The molecule has 11 rings (SSSR count). The van der Waals surface area contributed by atoms with Gasteiger partial charge >= 0.3 is 0 Å². The van der Waals surface area contributed by atoms with Crippen molar-refractivity contribution < 1.29 is 0 Å². The van der Waals surface area contributed by atoms with Crippen molar-refractivity contribution in [3.8, 4) is 22.3 Å². The van der Waals surface area contributed by atoms with E-state index in [1.54, 1.807) is 0 Å². The van der Waals surface area contributed by atoms with E-state index in [2.05, 4.69) is 219 Å². The Morgan fingerprint density at radius 1 is 0.345 bits per heavy atom. The highest BCUT2D eigenvalue weighted by Crippen LogP contribution is 2.58. The van der Waals surface area contributed by atoms with Gasteiger partial charge in [-0.2, -0.15) is 0 Å². The molecule has 1 heteroatoms. The lowest BCUT2D eigenvalue weighted by molar-refractivity contribution is 0.661. The summed E-state index contributed by atoms with van der Waals surface area (Å²) in [5.41, 5.74) is 16.0. The molecule has 0 unspecified atom stereocenters. The predicted octanol–water partition coefficient (Wildman–Crippen LogP) is 14.1. The first-order valence-corrected chi connectivity index (χ1v) is 19.3. The molecular weight excluding hydrogens is 663 g/mol. The van der Waals surface area contributed by atoms with Crippen LogP contribution in [0.3, 0.4) is 0 Å². The Labute approximate surface area is 322 Å². The van der Waals surface area contributed by atoms with Crippen molar-refractivity contribution in [3.63, 3.8) is 0 Å². The summed E-state index contributed by atoms with van der Waals surface area (Å²) in [7, 11) is 0. The molecule has 0 spiro atoms. The smallest absolute Gasteiger partial charge is 0.0713 e. The van der Waals surface area contributed by atoms with Crippen molar-refractivity contribution in [2.75, 3.05) is 4.90 Å². The van der Waals surface area contributed by atoms with Crippen LogP contribution in [0.5, 0.6) is 0 Å². The monoisotopic (exact) mass is 701 g/mol. The lowest BCUT2D eigenvalue weighted by Gasteiger charge is -2.34. The molecule has 0 saturated carbocycles. The average Bonchev–Trinajstić information content (AvgIpc) is 3.65. The second-order valence-electron chi connectivity index (χ2n) is 15.7. The van der Waals surface area contributed by atoms with Crippen molar-refractivity contribution in [1.29, 1.82) is 0 Å². The van der Waals surface area contributed by atoms with Gasteiger partial charge in [-0.05, 0) is 114 Å². The van der Waals surface area contributed by atoms with Gasteiger partial charge in [0.1, 0.15) is 0 Å². The minimum Gasteiger partial charge on any atom is -0.310 e. The van der Waals surface area contributed by atoms with Gasteiger partial charge in [0, 0.05) is 22.2 Å². The standard InChI is InChI=1S/C54H39N/c1-53(2)48-30-28-41(35-47(48)45-32-37-17-9-10-18-38(37)33-51(45)53)55(52-27-15-19-36-16-11-12-24-43(36)52)42-29-31-50-46(34-42)44-25-13-14-26-49(44)54(50,39-20-5-3-6-21-39)40-22-7-4-8-23-40/h3-35H,1-2H3. The highest BCUT2D eigenvalue weighted by molar-refractivity contribution is 6.01. The number of rotatable bonds is 5. The van der Waals surface area contributed by atoms with Crippen LogP contribution in [0.4, 0.5) is 17.1 Å². The van der Waals surface area contributed by atoms with E-state index in [0.717, 1.165) is 17.1 Å². The van der Waals surface area contributed by atoms with Gasteiger partial charge in [0.15, 0.2) is 0 Å². The van der Waals surface area contributed by atoms with Gasteiger partial charge in [-0.1, -0.05) is 172 Å². The summed E-state index contributed by atoms with van der Waals surface area (Å²) in [4.78, 5) is 2.49. The Hall–Kier alpha value is -6.70. The Morgan fingerprint density at radius 2 is 0.855 bits per heavy atom. The first-order chi connectivity index (χ1) is 27.0. The quantitative estimate of drug-likeness (QED) is 0.173.